The van der Waals surface area contributed by atoms with Gasteiger partial charge in [-0.1, -0.05) is 18.2 Å². The molecule has 0 N–H and O–H groups in total. The van der Waals surface area contributed by atoms with Gasteiger partial charge in [-0.15, -0.1) is 0 Å². The van der Waals surface area contributed by atoms with Gasteiger partial charge in [-0.25, -0.2) is 9.18 Å². The third kappa shape index (κ3) is 4.77. The molecule has 1 aliphatic rings. The van der Waals surface area contributed by atoms with Gasteiger partial charge < -0.3 is 14.4 Å². The van der Waals surface area contributed by atoms with E-state index in [9.17, 15) is 14.0 Å². The minimum absolute atomic E-state index is 0.194. The smallest absolute Gasteiger partial charge is 0.410 e. The van der Waals surface area contributed by atoms with Gasteiger partial charge in [0.2, 0.25) is 0 Å². The maximum atomic E-state index is 12.9. The van der Waals surface area contributed by atoms with Crippen molar-refractivity contribution in [2.45, 2.75) is 0 Å². The molecule has 0 spiro atoms. The molecule has 1 aliphatic heterocycles. The van der Waals surface area contributed by atoms with Gasteiger partial charge in [-0.05, 0) is 48.0 Å². The molecule has 1 saturated heterocycles. The summed E-state index contributed by atoms with van der Waals surface area (Å²) < 4.78 is 23.3. The molecule has 5 nitrogen and oxygen atoms in total. The lowest BCUT2D eigenvalue weighted by Crippen LogP contribution is -2.42. The quantitative estimate of drug-likeness (QED) is 0.622. The number of rotatable bonds is 4. The van der Waals surface area contributed by atoms with Crippen molar-refractivity contribution in [1.82, 2.24) is 4.90 Å². The number of nitrogens with zero attached hydrogens (tertiary/aromatic N) is 1. The minimum Gasteiger partial charge on any atom is -0.410 e. The fraction of sp³-hybridized carbons (Fsp3) is 0.200. The summed E-state index contributed by atoms with van der Waals surface area (Å²) in [7, 11) is 0. The van der Waals surface area contributed by atoms with Crippen LogP contribution in [-0.2, 0) is 4.74 Å². The third-order valence-corrected chi connectivity index (χ3v) is 3.91. The van der Waals surface area contributed by atoms with Crippen LogP contribution in [0.2, 0.25) is 0 Å². The van der Waals surface area contributed by atoms with Gasteiger partial charge in [-0.3, -0.25) is 4.79 Å². The van der Waals surface area contributed by atoms with Crippen LogP contribution >= 0.6 is 0 Å². The van der Waals surface area contributed by atoms with Crippen molar-refractivity contribution in [1.29, 1.82) is 0 Å². The molecule has 1 amide bonds. The molecule has 26 heavy (non-hydrogen) atoms. The second-order valence-corrected chi connectivity index (χ2v) is 5.74. The Labute approximate surface area is 150 Å². The average Bonchev–Trinajstić information content (AvgIpc) is 2.68. The second-order valence-electron chi connectivity index (χ2n) is 5.74. The molecule has 6 heteroatoms. The van der Waals surface area contributed by atoms with Crippen molar-refractivity contribution in [3.63, 3.8) is 0 Å². The first-order chi connectivity index (χ1) is 12.6. The Morgan fingerprint density at radius 1 is 1.00 bits per heavy atom. The Morgan fingerprint density at radius 2 is 1.65 bits per heavy atom. The first-order valence-corrected chi connectivity index (χ1v) is 8.24. The maximum absolute atomic E-state index is 12.9. The zero-order valence-electron chi connectivity index (χ0n) is 14.1. The molecule has 0 saturated carbocycles. The van der Waals surface area contributed by atoms with E-state index >= 15 is 0 Å². The fourth-order valence-corrected chi connectivity index (χ4v) is 2.44. The van der Waals surface area contributed by atoms with E-state index in [2.05, 4.69) is 0 Å². The molecule has 1 fully saturated rings. The number of carbonyl (C=O) groups is 2. The van der Waals surface area contributed by atoms with Crippen LogP contribution in [0, 0.1) is 5.82 Å². The molecular weight excluding hydrogens is 337 g/mol. The van der Waals surface area contributed by atoms with Crippen LogP contribution in [0.1, 0.15) is 15.9 Å². The highest BCUT2D eigenvalue weighted by molar-refractivity contribution is 6.06. The van der Waals surface area contributed by atoms with Gasteiger partial charge in [0.1, 0.15) is 11.6 Å². The number of morpholine rings is 1. The first-order valence-electron chi connectivity index (χ1n) is 8.24. The van der Waals surface area contributed by atoms with Crippen LogP contribution in [0.4, 0.5) is 9.18 Å². The summed E-state index contributed by atoms with van der Waals surface area (Å²) in [5.74, 6) is -0.142. The van der Waals surface area contributed by atoms with E-state index in [1.165, 1.54) is 18.2 Å². The number of ketones is 1. The Kier molecular flexibility index (Phi) is 5.76. The van der Waals surface area contributed by atoms with Crippen molar-refractivity contribution in [2.75, 3.05) is 26.3 Å². The summed E-state index contributed by atoms with van der Waals surface area (Å²) in [6, 6.07) is 12.2. The molecule has 0 aliphatic carbocycles. The van der Waals surface area contributed by atoms with Crippen molar-refractivity contribution in [3.8, 4) is 5.75 Å². The number of ether oxygens (including phenoxy) is 2. The largest absolute Gasteiger partial charge is 0.415 e. The summed E-state index contributed by atoms with van der Waals surface area (Å²) in [4.78, 5) is 25.8. The summed E-state index contributed by atoms with van der Waals surface area (Å²) >= 11 is 0. The maximum Gasteiger partial charge on any atom is 0.415 e. The normalized spacial score (nSPS) is 14.4. The molecule has 0 radical (unpaired) electrons. The Morgan fingerprint density at radius 3 is 2.31 bits per heavy atom. The third-order valence-electron chi connectivity index (χ3n) is 3.91. The molecule has 2 aromatic carbocycles. The van der Waals surface area contributed by atoms with E-state index in [-0.39, 0.29) is 11.6 Å². The van der Waals surface area contributed by atoms with Crippen molar-refractivity contribution >= 4 is 18.0 Å². The molecule has 134 valence electrons. The van der Waals surface area contributed by atoms with Gasteiger partial charge in [0.25, 0.3) is 0 Å². The lowest BCUT2D eigenvalue weighted by molar-refractivity contribution is 0.0416. The summed E-state index contributed by atoms with van der Waals surface area (Å²) in [5, 5.41) is 0. The summed E-state index contributed by atoms with van der Waals surface area (Å²) in [6.07, 6.45) is 2.61. The molecular formula is C20H18FNO4. The van der Waals surface area contributed by atoms with Gasteiger partial charge in [0.05, 0.1) is 13.2 Å². The average molecular weight is 355 g/mol. The number of hydrogen-bond donors (Lipinski definition) is 0. The van der Waals surface area contributed by atoms with Crippen LogP contribution in [0.25, 0.3) is 6.08 Å². The van der Waals surface area contributed by atoms with Gasteiger partial charge in [0.15, 0.2) is 5.78 Å². The van der Waals surface area contributed by atoms with Crippen LogP contribution < -0.4 is 4.74 Å². The van der Waals surface area contributed by atoms with Crippen molar-refractivity contribution in [2.24, 2.45) is 0 Å². The predicted molar refractivity (Wildman–Crippen MR) is 94.6 cm³/mol. The topological polar surface area (TPSA) is 55.8 Å². The molecule has 1 heterocycles. The Hall–Kier alpha value is -2.99. The van der Waals surface area contributed by atoms with E-state index in [4.69, 9.17) is 9.47 Å². The number of carbonyl (C=O) groups excluding carboxylic acids is 2. The van der Waals surface area contributed by atoms with E-state index in [0.29, 0.717) is 37.6 Å². The van der Waals surface area contributed by atoms with E-state index in [1.807, 2.05) is 0 Å². The van der Waals surface area contributed by atoms with Gasteiger partial charge in [-0.2, -0.15) is 0 Å². The van der Waals surface area contributed by atoms with Crippen LogP contribution in [0.5, 0.6) is 5.75 Å². The fourth-order valence-electron chi connectivity index (χ4n) is 2.44. The molecule has 0 bridgehead atoms. The molecule has 0 unspecified atom stereocenters. The number of hydrogen-bond acceptors (Lipinski definition) is 4. The van der Waals surface area contributed by atoms with Gasteiger partial charge in [0, 0.05) is 18.7 Å². The minimum atomic E-state index is -0.427. The van der Waals surface area contributed by atoms with Crippen LogP contribution in [0.3, 0.4) is 0 Å². The van der Waals surface area contributed by atoms with Gasteiger partial charge >= 0.3 is 6.09 Å². The number of allylic oxidation sites excluding steroid dienone is 1. The molecule has 2 aromatic rings. The number of benzene rings is 2. The predicted octanol–water partition coefficient (Wildman–Crippen LogP) is 3.55. The van der Waals surface area contributed by atoms with E-state index in [0.717, 1.165) is 5.56 Å². The molecule has 0 atom stereocenters. The second kappa shape index (κ2) is 8.40. The highest BCUT2D eigenvalue weighted by atomic mass is 19.1. The zero-order valence-corrected chi connectivity index (χ0v) is 14.1. The van der Waals surface area contributed by atoms with E-state index < -0.39 is 6.09 Å². The van der Waals surface area contributed by atoms with Crippen molar-refractivity contribution in [3.05, 3.63) is 71.6 Å². The Balaban J connectivity index is 1.58. The Bertz CT molecular complexity index is 794. The van der Waals surface area contributed by atoms with Crippen LogP contribution in [0.15, 0.2) is 54.6 Å². The highest BCUT2D eigenvalue weighted by Gasteiger charge is 2.18. The van der Waals surface area contributed by atoms with Crippen LogP contribution in [-0.4, -0.2) is 43.1 Å². The SMILES string of the molecule is O=C(/C=C/c1ccc(F)cc1)c1ccc(OC(=O)N2CCOCC2)cc1. The number of halogens is 1. The lowest BCUT2D eigenvalue weighted by Gasteiger charge is -2.25. The highest BCUT2D eigenvalue weighted by Crippen LogP contribution is 2.15. The summed E-state index contributed by atoms with van der Waals surface area (Å²) in [6.45, 7) is 2.01. The molecule has 3 rings (SSSR count). The van der Waals surface area contributed by atoms with Crippen molar-refractivity contribution < 1.29 is 23.5 Å². The zero-order chi connectivity index (χ0) is 18.4. The first kappa shape index (κ1) is 17.8. The number of amides is 1. The standard InChI is InChI=1S/C20H18FNO4/c21-17-6-1-15(2-7-17)3-10-19(23)16-4-8-18(9-5-16)26-20(24)22-11-13-25-14-12-22/h1-10H,11-14H2/b10-3+. The monoisotopic (exact) mass is 355 g/mol. The lowest BCUT2D eigenvalue weighted by atomic mass is 10.1. The summed E-state index contributed by atoms with van der Waals surface area (Å²) in [5.41, 5.74) is 1.20. The molecule has 0 aromatic heterocycles. The van der Waals surface area contributed by atoms with E-state index in [1.54, 1.807) is 47.4 Å².